The van der Waals surface area contributed by atoms with Gasteiger partial charge in [0.15, 0.2) is 0 Å². The molecule has 1 heterocycles. The van der Waals surface area contributed by atoms with Crippen molar-refractivity contribution in [1.29, 1.82) is 0 Å². The Kier molecular flexibility index (Phi) is 6.20. The lowest BCUT2D eigenvalue weighted by Crippen LogP contribution is -2.46. The third kappa shape index (κ3) is 5.00. The molecule has 150 valence electrons. The van der Waals surface area contributed by atoms with Crippen LogP contribution in [0.5, 0.6) is 0 Å². The first-order chi connectivity index (χ1) is 13.2. The average Bonchev–Trinajstić information content (AvgIpc) is 2.66. The molecule has 0 spiro atoms. The van der Waals surface area contributed by atoms with Gasteiger partial charge in [-0.05, 0) is 30.7 Å². The van der Waals surface area contributed by atoms with E-state index in [-0.39, 0.29) is 30.2 Å². The number of hydrogen-bond acceptors (Lipinski definition) is 4. The second-order valence-corrected chi connectivity index (χ2v) is 9.98. The van der Waals surface area contributed by atoms with Gasteiger partial charge < -0.3 is 4.90 Å². The van der Waals surface area contributed by atoms with Crippen LogP contribution in [0.2, 0.25) is 0 Å². The first kappa shape index (κ1) is 20.6. The Balaban J connectivity index is 1.77. The van der Waals surface area contributed by atoms with Crippen molar-refractivity contribution in [2.75, 3.05) is 32.1 Å². The summed E-state index contributed by atoms with van der Waals surface area (Å²) in [6.45, 7) is 3.27. The van der Waals surface area contributed by atoms with E-state index in [0.717, 1.165) is 0 Å². The van der Waals surface area contributed by atoms with Gasteiger partial charge in [-0.3, -0.25) is 9.69 Å². The SMILES string of the molecule is CC(CS(C)(=O)=O)N(C)CC(=O)N1Cc2ccccc2C(c2ccccc2)C1. The number of carbonyl (C=O) groups is 1. The molecular formula is C22H28N2O3S. The van der Waals surface area contributed by atoms with Gasteiger partial charge in [-0.25, -0.2) is 8.42 Å². The number of benzene rings is 2. The molecule has 1 aliphatic heterocycles. The van der Waals surface area contributed by atoms with E-state index in [1.807, 2.05) is 47.1 Å². The number of amides is 1. The van der Waals surface area contributed by atoms with Gasteiger partial charge in [-0.15, -0.1) is 0 Å². The monoisotopic (exact) mass is 400 g/mol. The van der Waals surface area contributed by atoms with Crippen LogP contribution in [0.4, 0.5) is 0 Å². The van der Waals surface area contributed by atoms with Crippen molar-refractivity contribution in [2.24, 2.45) is 0 Å². The number of likely N-dealkylation sites (N-methyl/N-ethyl adjacent to an activating group) is 1. The second-order valence-electron chi connectivity index (χ2n) is 7.79. The van der Waals surface area contributed by atoms with Crippen molar-refractivity contribution in [3.05, 3.63) is 71.3 Å². The Labute approximate surface area is 167 Å². The predicted octanol–water partition coefficient (Wildman–Crippen LogP) is 2.53. The number of rotatable bonds is 6. The number of hydrogen-bond donors (Lipinski definition) is 0. The van der Waals surface area contributed by atoms with E-state index in [1.54, 1.807) is 7.05 Å². The quantitative estimate of drug-likeness (QED) is 0.748. The van der Waals surface area contributed by atoms with Crippen molar-refractivity contribution >= 4 is 15.7 Å². The highest BCUT2D eigenvalue weighted by atomic mass is 32.2. The lowest BCUT2D eigenvalue weighted by molar-refractivity contribution is -0.133. The molecular weight excluding hydrogens is 372 g/mol. The molecule has 2 unspecified atom stereocenters. The van der Waals surface area contributed by atoms with Crippen LogP contribution in [-0.2, 0) is 21.2 Å². The Morgan fingerprint density at radius 1 is 1.14 bits per heavy atom. The highest BCUT2D eigenvalue weighted by Crippen LogP contribution is 2.33. The molecule has 6 heteroatoms. The second kappa shape index (κ2) is 8.45. The van der Waals surface area contributed by atoms with Crippen LogP contribution in [0.15, 0.2) is 54.6 Å². The van der Waals surface area contributed by atoms with Crippen molar-refractivity contribution < 1.29 is 13.2 Å². The maximum atomic E-state index is 13.0. The number of sulfone groups is 1. The van der Waals surface area contributed by atoms with Crippen LogP contribution in [-0.4, -0.2) is 62.3 Å². The largest absolute Gasteiger partial charge is 0.336 e. The lowest BCUT2D eigenvalue weighted by Gasteiger charge is -2.36. The molecule has 0 N–H and O–H groups in total. The Morgan fingerprint density at radius 3 is 2.46 bits per heavy atom. The predicted molar refractivity (Wildman–Crippen MR) is 112 cm³/mol. The molecule has 2 atom stereocenters. The van der Waals surface area contributed by atoms with Crippen LogP contribution in [0.25, 0.3) is 0 Å². The molecule has 0 aromatic heterocycles. The number of fused-ring (bicyclic) bond motifs is 1. The summed E-state index contributed by atoms with van der Waals surface area (Å²) in [5.41, 5.74) is 3.64. The molecule has 0 fully saturated rings. The van der Waals surface area contributed by atoms with Crippen LogP contribution < -0.4 is 0 Å². The van der Waals surface area contributed by atoms with Crippen LogP contribution in [0.1, 0.15) is 29.5 Å². The molecule has 0 bridgehead atoms. The number of carbonyl (C=O) groups excluding carboxylic acids is 1. The maximum absolute atomic E-state index is 13.0. The number of nitrogens with zero attached hydrogens (tertiary/aromatic N) is 2. The first-order valence-electron chi connectivity index (χ1n) is 9.53. The molecule has 0 radical (unpaired) electrons. The van der Waals surface area contributed by atoms with E-state index >= 15 is 0 Å². The fraction of sp³-hybridized carbons (Fsp3) is 0.409. The third-order valence-electron chi connectivity index (χ3n) is 5.43. The molecule has 2 aromatic rings. The maximum Gasteiger partial charge on any atom is 0.237 e. The van der Waals surface area contributed by atoms with Gasteiger partial charge in [0.05, 0.1) is 12.3 Å². The van der Waals surface area contributed by atoms with E-state index in [4.69, 9.17) is 0 Å². The van der Waals surface area contributed by atoms with E-state index in [0.29, 0.717) is 13.1 Å². The highest BCUT2D eigenvalue weighted by molar-refractivity contribution is 7.90. The van der Waals surface area contributed by atoms with Crippen molar-refractivity contribution in [3.8, 4) is 0 Å². The highest BCUT2D eigenvalue weighted by Gasteiger charge is 2.30. The zero-order chi connectivity index (χ0) is 20.3. The molecule has 2 aromatic carbocycles. The summed E-state index contributed by atoms with van der Waals surface area (Å²) in [5, 5.41) is 0. The summed E-state index contributed by atoms with van der Waals surface area (Å²) in [4.78, 5) is 16.7. The van der Waals surface area contributed by atoms with E-state index < -0.39 is 9.84 Å². The Bertz CT molecular complexity index is 928. The molecule has 28 heavy (non-hydrogen) atoms. The zero-order valence-corrected chi connectivity index (χ0v) is 17.5. The molecule has 1 aliphatic rings. The Morgan fingerprint density at radius 2 is 1.79 bits per heavy atom. The van der Waals surface area contributed by atoms with Gasteiger partial charge in [-0.2, -0.15) is 0 Å². The first-order valence-corrected chi connectivity index (χ1v) is 11.6. The van der Waals surface area contributed by atoms with E-state index in [1.165, 1.54) is 22.9 Å². The van der Waals surface area contributed by atoms with Gasteiger partial charge in [-0.1, -0.05) is 54.6 Å². The standard InChI is InChI=1S/C22H28N2O3S/c1-17(16-28(3,26)27)23(2)15-22(25)24-13-19-11-7-8-12-20(19)21(14-24)18-9-5-4-6-10-18/h4-12,17,21H,13-16H2,1-3H3. The van der Waals surface area contributed by atoms with Gasteiger partial charge >= 0.3 is 0 Å². The normalized spacial score (nSPS) is 18.0. The van der Waals surface area contributed by atoms with Gasteiger partial charge in [0, 0.05) is 31.3 Å². The summed E-state index contributed by atoms with van der Waals surface area (Å²) in [6.07, 6.45) is 1.23. The molecule has 1 amide bonds. The average molecular weight is 401 g/mol. The van der Waals surface area contributed by atoms with Crippen molar-refractivity contribution in [1.82, 2.24) is 9.80 Å². The lowest BCUT2D eigenvalue weighted by atomic mass is 9.84. The summed E-state index contributed by atoms with van der Waals surface area (Å²) in [5.74, 6) is 0.221. The third-order valence-corrected chi connectivity index (χ3v) is 6.52. The van der Waals surface area contributed by atoms with Crippen molar-refractivity contribution in [3.63, 3.8) is 0 Å². The van der Waals surface area contributed by atoms with E-state index in [2.05, 4.69) is 24.3 Å². The molecule has 0 saturated carbocycles. The van der Waals surface area contributed by atoms with Crippen LogP contribution in [0.3, 0.4) is 0 Å². The summed E-state index contributed by atoms with van der Waals surface area (Å²) in [6, 6.07) is 18.3. The van der Waals surface area contributed by atoms with Crippen LogP contribution >= 0.6 is 0 Å². The van der Waals surface area contributed by atoms with Crippen molar-refractivity contribution in [2.45, 2.75) is 25.4 Å². The Hall–Kier alpha value is -2.18. The van der Waals surface area contributed by atoms with Gasteiger partial charge in [0.25, 0.3) is 0 Å². The molecule has 3 rings (SSSR count). The minimum absolute atomic E-state index is 0.0262. The summed E-state index contributed by atoms with van der Waals surface area (Å²) < 4.78 is 23.1. The summed E-state index contributed by atoms with van der Waals surface area (Å²) >= 11 is 0. The molecule has 5 nitrogen and oxygen atoms in total. The van der Waals surface area contributed by atoms with Crippen LogP contribution in [0, 0.1) is 0 Å². The molecule has 0 aliphatic carbocycles. The fourth-order valence-electron chi connectivity index (χ4n) is 3.80. The zero-order valence-electron chi connectivity index (χ0n) is 16.7. The summed E-state index contributed by atoms with van der Waals surface area (Å²) in [7, 11) is -1.27. The van der Waals surface area contributed by atoms with Gasteiger partial charge in [0.2, 0.25) is 5.91 Å². The minimum Gasteiger partial charge on any atom is -0.336 e. The topological polar surface area (TPSA) is 57.7 Å². The molecule has 0 saturated heterocycles. The van der Waals surface area contributed by atoms with E-state index in [9.17, 15) is 13.2 Å². The minimum atomic E-state index is -3.08. The smallest absolute Gasteiger partial charge is 0.237 e. The van der Waals surface area contributed by atoms with Gasteiger partial charge in [0.1, 0.15) is 9.84 Å². The fourth-order valence-corrected chi connectivity index (χ4v) is 4.93.